The molecule has 0 amide bonds. The van der Waals surface area contributed by atoms with E-state index in [4.69, 9.17) is 4.99 Å². The SMILES string of the molecule is CCNC(=NCc1ccc(-n2ccnc2C)nc1)N1CCC(c2cnn(C)c2)C1. The second kappa shape index (κ2) is 8.46. The van der Waals surface area contributed by atoms with Crippen LogP contribution in [0.15, 0.2) is 48.1 Å². The molecule has 0 aliphatic carbocycles. The number of imidazole rings is 1. The van der Waals surface area contributed by atoms with E-state index in [-0.39, 0.29) is 0 Å². The number of guanidine groups is 1. The molecule has 152 valence electrons. The Bertz CT molecular complexity index is 969. The zero-order chi connectivity index (χ0) is 20.2. The fourth-order valence-electron chi connectivity index (χ4n) is 3.74. The van der Waals surface area contributed by atoms with Crippen molar-refractivity contribution in [3.63, 3.8) is 0 Å². The van der Waals surface area contributed by atoms with E-state index in [1.54, 1.807) is 6.20 Å². The van der Waals surface area contributed by atoms with Crippen LogP contribution in [0.3, 0.4) is 0 Å². The number of aromatic nitrogens is 5. The van der Waals surface area contributed by atoms with Crippen LogP contribution in [0, 0.1) is 6.92 Å². The van der Waals surface area contributed by atoms with Crippen LogP contribution in [-0.4, -0.2) is 54.8 Å². The lowest BCUT2D eigenvalue weighted by Gasteiger charge is -2.21. The summed E-state index contributed by atoms with van der Waals surface area (Å²) in [5, 5.41) is 7.75. The number of hydrogen-bond acceptors (Lipinski definition) is 4. The van der Waals surface area contributed by atoms with Crippen molar-refractivity contribution in [1.29, 1.82) is 0 Å². The number of pyridine rings is 1. The van der Waals surface area contributed by atoms with Crippen LogP contribution in [-0.2, 0) is 13.6 Å². The lowest BCUT2D eigenvalue weighted by Crippen LogP contribution is -2.40. The fraction of sp³-hybridized carbons (Fsp3) is 0.429. The van der Waals surface area contributed by atoms with E-state index in [0.717, 1.165) is 49.2 Å². The summed E-state index contributed by atoms with van der Waals surface area (Å²) < 4.78 is 3.85. The fourth-order valence-corrected chi connectivity index (χ4v) is 3.74. The van der Waals surface area contributed by atoms with Gasteiger partial charge < -0.3 is 10.2 Å². The first-order valence-electron chi connectivity index (χ1n) is 10.1. The number of nitrogens with one attached hydrogen (secondary N) is 1. The van der Waals surface area contributed by atoms with Gasteiger partial charge in [0.05, 0.1) is 12.7 Å². The molecule has 8 nitrogen and oxygen atoms in total. The summed E-state index contributed by atoms with van der Waals surface area (Å²) in [4.78, 5) is 16.0. The average Bonchev–Trinajstić information content (AvgIpc) is 3.46. The van der Waals surface area contributed by atoms with Crippen molar-refractivity contribution in [2.45, 2.75) is 32.7 Å². The quantitative estimate of drug-likeness (QED) is 0.532. The minimum atomic E-state index is 0.506. The molecule has 4 rings (SSSR count). The van der Waals surface area contributed by atoms with E-state index < -0.39 is 0 Å². The van der Waals surface area contributed by atoms with Crippen LogP contribution in [0.1, 0.15) is 36.2 Å². The van der Waals surface area contributed by atoms with Crippen LogP contribution >= 0.6 is 0 Å². The first-order valence-corrected chi connectivity index (χ1v) is 10.1. The first-order chi connectivity index (χ1) is 14.1. The van der Waals surface area contributed by atoms with Gasteiger partial charge in [-0.1, -0.05) is 6.07 Å². The molecular weight excluding hydrogens is 364 g/mol. The number of aliphatic imine (C=N–C) groups is 1. The van der Waals surface area contributed by atoms with Crippen LogP contribution in [0.5, 0.6) is 0 Å². The molecule has 4 heterocycles. The smallest absolute Gasteiger partial charge is 0.194 e. The maximum absolute atomic E-state index is 4.86. The molecule has 3 aromatic rings. The van der Waals surface area contributed by atoms with Crippen molar-refractivity contribution >= 4 is 5.96 Å². The van der Waals surface area contributed by atoms with Crippen molar-refractivity contribution in [2.75, 3.05) is 19.6 Å². The zero-order valence-corrected chi connectivity index (χ0v) is 17.3. The summed E-state index contributed by atoms with van der Waals surface area (Å²) in [6, 6.07) is 4.10. The van der Waals surface area contributed by atoms with Crippen molar-refractivity contribution in [1.82, 2.24) is 34.5 Å². The molecule has 0 saturated carbocycles. The van der Waals surface area contributed by atoms with E-state index in [1.165, 1.54) is 5.56 Å². The second-order valence-electron chi connectivity index (χ2n) is 7.42. The lowest BCUT2D eigenvalue weighted by molar-refractivity contribution is 0.486. The molecule has 0 bridgehead atoms. The normalized spacial score (nSPS) is 17.1. The van der Waals surface area contributed by atoms with Gasteiger partial charge in [0.1, 0.15) is 11.6 Å². The van der Waals surface area contributed by atoms with Crippen molar-refractivity contribution in [3.8, 4) is 5.82 Å². The van der Waals surface area contributed by atoms with Gasteiger partial charge in [-0.05, 0) is 37.5 Å². The van der Waals surface area contributed by atoms with Crippen LogP contribution in [0.25, 0.3) is 5.82 Å². The Balaban J connectivity index is 1.43. The monoisotopic (exact) mass is 392 g/mol. The Morgan fingerprint density at radius 3 is 2.83 bits per heavy atom. The third-order valence-corrected chi connectivity index (χ3v) is 5.31. The average molecular weight is 393 g/mol. The maximum Gasteiger partial charge on any atom is 0.194 e. The van der Waals surface area contributed by atoms with Crippen molar-refractivity contribution in [3.05, 3.63) is 60.1 Å². The molecule has 8 heteroatoms. The van der Waals surface area contributed by atoms with Crippen LogP contribution < -0.4 is 5.32 Å². The van der Waals surface area contributed by atoms with Gasteiger partial charge in [0, 0.05) is 57.4 Å². The second-order valence-corrected chi connectivity index (χ2v) is 7.42. The number of rotatable bonds is 5. The summed E-state index contributed by atoms with van der Waals surface area (Å²) in [6.07, 6.45) is 10.8. The Labute approximate surface area is 171 Å². The molecule has 0 radical (unpaired) electrons. The molecule has 0 aromatic carbocycles. The molecule has 1 aliphatic rings. The lowest BCUT2D eigenvalue weighted by atomic mass is 10.0. The van der Waals surface area contributed by atoms with E-state index in [9.17, 15) is 0 Å². The molecule has 1 unspecified atom stereocenters. The molecule has 1 atom stereocenters. The molecular formula is C21H28N8. The van der Waals surface area contributed by atoms with Gasteiger partial charge in [0.15, 0.2) is 5.96 Å². The molecule has 29 heavy (non-hydrogen) atoms. The van der Waals surface area contributed by atoms with E-state index in [1.807, 2.05) is 47.9 Å². The van der Waals surface area contributed by atoms with Gasteiger partial charge in [-0.25, -0.2) is 15.0 Å². The van der Waals surface area contributed by atoms with E-state index in [0.29, 0.717) is 12.5 Å². The van der Waals surface area contributed by atoms with Crippen molar-refractivity contribution in [2.24, 2.45) is 12.0 Å². The Morgan fingerprint density at radius 1 is 1.28 bits per heavy atom. The van der Waals surface area contributed by atoms with Crippen LogP contribution in [0.4, 0.5) is 0 Å². The molecule has 1 aliphatic heterocycles. The van der Waals surface area contributed by atoms with Gasteiger partial charge in [-0.15, -0.1) is 0 Å². The number of nitrogens with zero attached hydrogens (tertiary/aromatic N) is 7. The van der Waals surface area contributed by atoms with Crippen LogP contribution in [0.2, 0.25) is 0 Å². The highest BCUT2D eigenvalue weighted by atomic mass is 15.3. The third kappa shape index (κ3) is 4.31. The summed E-state index contributed by atoms with van der Waals surface area (Å²) >= 11 is 0. The summed E-state index contributed by atoms with van der Waals surface area (Å²) in [5.41, 5.74) is 2.39. The summed E-state index contributed by atoms with van der Waals surface area (Å²) in [5.74, 6) is 3.27. The molecule has 1 fully saturated rings. The number of aryl methyl sites for hydroxylation is 2. The standard InChI is InChI=1S/C21H28N8/c1-4-22-21(28-9-7-18(15-28)19-13-26-27(3)14-19)25-12-17-5-6-20(24-11-17)29-10-8-23-16(29)2/h5-6,8,10-11,13-14,18H,4,7,9,12,15H2,1-3H3,(H,22,25). The summed E-state index contributed by atoms with van der Waals surface area (Å²) in [6.45, 7) is 7.50. The molecule has 1 N–H and O–H groups in total. The Morgan fingerprint density at radius 2 is 2.17 bits per heavy atom. The topological polar surface area (TPSA) is 76.2 Å². The number of likely N-dealkylation sites (tertiary alicyclic amines) is 1. The number of hydrogen-bond donors (Lipinski definition) is 1. The largest absolute Gasteiger partial charge is 0.357 e. The van der Waals surface area contributed by atoms with Gasteiger partial charge in [-0.3, -0.25) is 9.25 Å². The highest BCUT2D eigenvalue weighted by Crippen LogP contribution is 2.26. The van der Waals surface area contributed by atoms with Gasteiger partial charge >= 0.3 is 0 Å². The molecule has 0 spiro atoms. The van der Waals surface area contributed by atoms with Gasteiger partial charge in [0.25, 0.3) is 0 Å². The predicted molar refractivity (Wildman–Crippen MR) is 113 cm³/mol. The minimum Gasteiger partial charge on any atom is -0.357 e. The van der Waals surface area contributed by atoms with Gasteiger partial charge in [0.2, 0.25) is 0 Å². The first kappa shape index (κ1) is 19.2. The molecule has 1 saturated heterocycles. The molecule has 3 aromatic heterocycles. The Kier molecular flexibility index (Phi) is 5.59. The Hall–Kier alpha value is -3.16. The highest BCUT2D eigenvalue weighted by molar-refractivity contribution is 5.80. The van der Waals surface area contributed by atoms with E-state index in [2.05, 4.69) is 44.5 Å². The third-order valence-electron chi connectivity index (χ3n) is 5.31. The maximum atomic E-state index is 4.86. The van der Waals surface area contributed by atoms with Crippen molar-refractivity contribution < 1.29 is 0 Å². The highest BCUT2D eigenvalue weighted by Gasteiger charge is 2.26. The van der Waals surface area contributed by atoms with E-state index >= 15 is 0 Å². The summed E-state index contributed by atoms with van der Waals surface area (Å²) in [7, 11) is 1.97. The predicted octanol–water partition coefficient (Wildman–Crippen LogP) is 2.26. The van der Waals surface area contributed by atoms with Gasteiger partial charge in [-0.2, -0.15) is 5.10 Å². The zero-order valence-electron chi connectivity index (χ0n) is 17.3. The minimum absolute atomic E-state index is 0.506.